The molecule has 0 aliphatic rings. The number of ether oxygens (including phenoxy) is 1. The molecule has 1 aromatic heterocycles. The first kappa shape index (κ1) is 18.9. The monoisotopic (exact) mass is 377 g/mol. The summed E-state index contributed by atoms with van der Waals surface area (Å²) in [6.07, 6.45) is -4.68. The second-order valence-corrected chi connectivity index (χ2v) is 5.94. The van der Waals surface area contributed by atoms with Gasteiger partial charge in [0.15, 0.2) is 5.82 Å². The van der Waals surface area contributed by atoms with E-state index in [1.165, 1.54) is 12.1 Å². The van der Waals surface area contributed by atoms with Crippen molar-refractivity contribution in [3.05, 3.63) is 41.6 Å². The van der Waals surface area contributed by atoms with Gasteiger partial charge in [0, 0.05) is 16.2 Å². The maximum Gasteiger partial charge on any atom is 0.492 e. The lowest BCUT2D eigenvalue weighted by molar-refractivity contribution is -0.137. The highest BCUT2D eigenvalue weighted by Gasteiger charge is 2.36. The summed E-state index contributed by atoms with van der Waals surface area (Å²) in [5.74, 6) is -0.104. The van der Waals surface area contributed by atoms with Gasteiger partial charge in [-0.15, -0.1) is 5.10 Å². The van der Waals surface area contributed by atoms with Crippen molar-refractivity contribution in [1.29, 1.82) is 0 Å². The number of benzene rings is 2. The van der Waals surface area contributed by atoms with Gasteiger partial charge in [-0.25, -0.2) is 0 Å². The molecule has 0 aliphatic heterocycles. The Labute approximate surface area is 152 Å². The number of hydrogen-bond donors (Lipinski definition) is 3. The van der Waals surface area contributed by atoms with Crippen LogP contribution in [0.5, 0.6) is 5.75 Å². The normalized spacial score (nSPS) is 11.7. The maximum absolute atomic E-state index is 13.6. The number of nitrogen functional groups attached to an aromatic ring is 1. The fourth-order valence-corrected chi connectivity index (χ4v) is 2.92. The van der Waals surface area contributed by atoms with Gasteiger partial charge < -0.3 is 20.5 Å². The molecular formula is C17H15BF3N3O3. The number of fused-ring (bicyclic) bond motifs is 1. The first-order valence-corrected chi connectivity index (χ1v) is 7.81. The second-order valence-electron chi connectivity index (χ2n) is 5.94. The maximum atomic E-state index is 13.6. The van der Waals surface area contributed by atoms with E-state index in [9.17, 15) is 23.2 Å². The Morgan fingerprint density at radius 3 is 2.37 bits per heavy atom. The molecule has 10 heteroatoms. The first-order chi connectivity index (χ1) is 12.6. The fraction of sp³-hybridized carbons (Fsp3) is 0.176. The van der Waals surface area contributed by atoms with Crippen LogP contribution in [-0.4, -0.2) is 34.5 Å². The summed E-state index contributed by atoms with van der Waals surface area (Å²) in [5.41, 5.74) is 5.14. The van der Waals surface area contributed by atoms with Gasteiger partial charge in [0.2, 0.25) is 0 Å². The van der Waals surface area contributed by atoms with Crippen molar-refractivity contribution >= 4 is 29.2 Å². The minimum Gasteiger partial charge on any atom is -0.497 e. The molecule has 2 aromatic carbocycles. The SMILES string of the molecule is COc1cc(C(F)(F)F)c(-c2ccc3c(N)nnc(C)c3c2)cc1B(O)O. The van der Waals surface area contributed by atoms with Crippen LogP contribution in [0.3, 0.4) is 0 Å². The van der Waals surface area contributed by atoms with Crippen LogP contribution in [-0.2, 0) is 6.18 Å². The number of nitrogens with two attached hydrogens (primary N) is 1. The van der Waals surface area contributed by atoms with Gasteiger partial charge in [-0.1, -0.05) is 12.1 Å². The number of anilines is 1. The van der Waals surface area contributed by atoms with Crippen LogP contribution in [0, 0.1) is 6.92 Å². The minimum absolute atomic E-state index is 0.166. The van der Waals surface area contributed by atoms with E-state index in [0.717, 1.165) is 19.2 Å². The Hall–Kier alpha value is -2.85. The Kier molecular flexibility index (Phi) is 4.71. The number of nitrogens with zero attached hydrogens (tertiary/aromatic N) is 2. The van der Waals surface area contributed by atoms with Gasteiger partial charge >= 0.3 is 13.3 Å². The molecule has 6 nitrogen and oxygen atoms in total. The molecule has 0 amide bonds. The third-order valence-electron chi connectivity index (χ3n) is 4.26. The quantitative estimate of drug-likeness (QED) is 0.603. The van der Waals surface area contributed by atoms with Crippen LogP contribution in [0.25, 0.3) is 21.9 Å². The van der Waals surface area contributed by atoms with Crippen LogP contribution in [0.2, 0.25) is 0 Å². The molecule has 0 unspecified atom stereocenters. The topological polar surface area (TPSA) is 101 Å². The number of halogens is 3. The molecule has 0 spiro atoms. The van der Waals surface area contributed by atoms with Crippen LogP contribution < -0.4 is 15.9 Å². The summed E-state index contributed by atoms with van der Waals surface area (Å²) in [6.45, 7) is 1.67. The summed E-state index contributed by atoms with van der Waals surface area (Å²) in [7, 11) is -0.841. The van der Waals surface area contributed by atoms with Gasteiger partial charge in [0.1, 0.15) is 5.75 Å². The first-order valence-electron chi connectivity index (χ1n) is 7.81. The lowest BCUT2D eigenvalue weighted by Crippen LogP contribution is -2.32. The Morgan fingerprint density at radius 1 is 1.07 bits per heavy atom. The van der Waals surface area contributed by atoms with Crippen molar-refractivity contribution < 1.29 is 28.0 Å². The minimum atomic E-state index is -4.68. The van der Waals surface area contributed by atoms with E-state index in [4.69, 9.17) is 10.5 Å². The van der Waals surface area contributed by atoms with E-state index in [2.05, 4.69) is 10.2 Å². The van der Waals surface area contributed by atoms with Crippen molar-refractivity contribution in [2.45, 2.75) is 13.1 Å². The standard InChI is InChI=1S/C17H15BF3N3O3/c1-8-11-5-9(3-4-10(11)16(22)24-23-8)12-6-14(18(25)26)15(27-2)7-13(12)17(19,20)21/h3-7,25-26H,1-2H3,(H2,22,24). The molecule has 3 rings (SSSR count). The Bertz CT molecular complexity index is 1030. The summed E-state index contributed by atoms with van der Waals surface area (Å²) < 4.78 is 45.7. The highest BCUT2D eigenvalue weighted by atomic mass is 19.4. The average Bonchev–Trinajstić information content (AvgIpc) is 2.62. The van der Waals surface area contributed by atoms with Gasteiger partial charge in [0.25, 0.3) is 0 Å². The van der Waals surface area contributed by atoms with Gasteiger partial charge in [-0.2, -0.15) is 18.3 Å². The molecule has 0 bridgehead atoms. The fourth-order valence-electron chi connectivity index (χ4n) is 2.92. The molecular weight excluding hydrogens is 362 g/mol. The number of hydrogen-bond acceptors (Lipinski definition) is 6. The molecule has 0 radical (unpaired) electrons. The molecule has 4 N–H and O–H groups in total. The number of alkyl halides is 3. The number of methoxy groups -OCH3 is 1. The molecule has 3 aromatic rings. The van der Waals surface area contributed by atoms with Gasteiger partial charge in [-0.3, -0.25) is 0 Å². The zero-order valence-corrected chi connectivity index (χ0v) is 14.4. The highest BCUT2D eigenvalue weighted by Crippen LogP contribution is 2.39. The Balaban J connectivity index is 2.34. The molecule has 0 aliphatic carbocycles. The number of aromatic nitrogens is 2. The van der Waals surface area contributed by atoms with Crippen molar-refractivity contribution in [3.8, 4) is 16.9 Å². The molecule has 140 valence electrons. The molecule has 1 heterocycles. The summed E-state index contributed by atoms with van der Waals surface area (Å²) in [4.78, 5) is 0. The smallest absolute Gasteiger partial charge is 0.492 e. The van der Waals surface area contributed by atoms with E-state index in [1.807, 2.05) is 0 Å². The van der Waals surface area contributed by atoms with Crippen LogP contribution in [0.4, 0.5) is 19.0 Å². The van der Waals surface area contributed by atoms with Gasteiger partial charge in [-0.05, 0) is 36.2 Å². The van der Waals surface area contributed by atoms with E-state index >= 15 is 0 Å². The predicted molar refractivity (Wildman–Crippen MR) is 95.5 cm³/mol. The van der Waals surface area contributed by atoms with Gasteiger partial charge in [0.05, 0.1) is 18.4 Å². The zero-order valence-electron chi connectivity index (χ0n) is 14.4. The summed E-state index contributed by atoms with van der Waals surface area (Å²) in [5, 5.41) is 27.8. The molecule has 0 saturated carbocycles. The van der Waals surface area contributed by atoms with E-state index in [0.29, 0.717) is 16.5 Å². The van der Waals surface area contributed by atoms with E-state index in [-0.39, 0.29) is 28.2 Å². The third-order valence-corrected chi connectivity index (χ3v) is 4.26. The molecule has 0 saturated heterocycles. The molecule has 27 heavy (non-hydrogen) atoms. The van der Waals surface area contributed by atoms with Crippen LogP contribution in [0.1, 0.15) is 11.3 Å². The van der Waals surface area contributed by atoms with Crippen LogP contribution in [0.15, 0.2) is 30.3 Å². The van der Waals surface area contributed by atoms with Crippen LogP contribution >= 0.6 is 0 Å². The Morgan fingerprint density at radius 2 is 1.78 bits per heavy atom. The average molecular weight is 377 g/mol. The zero-order chi connectivity index (χ0) is 19.9. The summed E-state index contributed by atoms with van der Waals surface area (Å²) >= 11 is 0. The van der Waals surface area contributed by atoms with E-state index in [1.54, 1.807) is 13.0 Å². The van der Waals surface area contributed by atoms with Crippen molar-refractivity contribution in [2.24, 2.45) is 0 Å². The molecule has 0 atom stereocenters. The molecule has 0 fully saturated rings. The van der Waals surface area contributed by atoms with Crippen molar-refractivity contribution in [2.75, 3.05) is 12.8 Å². The summed E-state index contributed by atoms with van der Waals surface area (Å²) in [6, 6.07) is 6.34. The second kappa shape index (κ2) is 6.71. The van der Waals surface area contributed by atoms with Crippen molar-refractivity contribution in [3.63, 3.8) is 0 Å². The highest BCUT2D eigenvalue weighted by molar-refractivity contribution is 6.60. The number of rotatable bonds is 3. The largest absolute Gasteiger partial charge is 0.497 e. The number of aryl methyl sites for hydroxylation is 1. The van der Waals surface area contributed by atoms with E-state index < -0.39 is 18.9 Å². The van der Waals surface area contributed by atoms with Crippen molar-refractivity contribution in [1.82, 2.24) is 10.2 Å². The lowest BCUT2D eigenvalue weighted by atomic mass is 9.77. The lowest BCUT2D eigenvalue weighted by Gasteiger charge is -2.18. The predicted octanol–water partition coefficient (Wildman–Crippen LogP) is 1.89. The third kappa shape index (κ3) is 3.41.